The molecule has 2 fully saturated rings. The van der Waals surface area contributed by atoms with Crippen LogP contribution in [0.5, 0.6) is 0 Å². The summed E-state index contributed by atoms with van der Waals surface area (Å²) < 4.78 is 80.2. The second kappa shape index (κ2) is 13.9. The Morgan fingerprint density at radius 2 is 1.53 bits per heavy atom. The number of piperazine rings is 1. The van der Waals surface area contributed by atoms with Crippen LogP contribution in [0.25, 0.3) is 10.9 Å². The van der Waals surface area contributed by atoms with E-state index in [2.05, 4.69) is 15.2 Å². The number of H-pyrrole nitrogens is 1. The SMILES string of the molecule is O=C(CN1CCN(C2CCCCC2)CC1)NC(Cc1c[nH]c2ccccc12)C(=O)CCc1cc(C(F)(F)F)cc(C(F)(F)F)c1. The number of carbonyl (C=O) groups is 2. The van der Waals surface area contributed by atoms with E-state index in [1.165, 1.54) is 32.1 Å². The van der Waals surface area contributed by atoms with Gasteiger partial charge in [-0.25, -0.2) is 0 Å². The molecule has 2 aromatic carbocycles. The molecule has 2 aliphatic rings. The molecule has 2 N–H and O–H groups in total. The van der Waals surface area contributed by atoms with Gasteiger partial charge in [-0.3, -0.25) is 19.4 Å². The lowest BCUT2D eigenvalue weighted by Gasteiger charge is -2.40. The average Bonchev–Trinajstić information content (AvgIpc) is 3.42. The lowest BCUT2D eigenvalue weighted by molar-refractivity contribution is -0.143. The first-order valence-electron chi connectivity index (χ1n) is 15.5. The zero-order chi connectivity index (χ0) is 32.2. The molecule has 45 heavy (non-hydrogen) atoms. The standard InChI is InChI=1S/C33H38F6N4O2/c34-32(35,36)24-16-22(17-25(19-24)33(37,38)39)10-11-30(44)29(18-23-20-40-28-9-5-4-8-27(23)28)41-31(45)21-42-12-14-43(15-13-42)26-6-2-1-3-7-26/h4-5,8-9,16-17,19-20,26,29,40H,1-3,6-7,10-15,18,21H2,(H,41,45). The smallest absolute Gasteiger partial charge is 0.361 e. The highest BCUT2D eigenvalue weighted by Crippen LogP contribution is 2.36. The summed E-state index contributed by atoms with van der Waals surface area (Å²) in [5, 5.41) is 3.69. The summed E-state index contributed by atoms with van der Waals surface area (Å²) in [6, 6.07) is 8.38. The lowest BCUT2D eigenvalue weighted by Crippen LogP contribution is -2.54. The topological polar surface area (TPSA) is 68.4 Å². The first kappa shape index (κ1) is 33.0. The van der Waals surface area contributed by atoms with E-state index in [-0.39, 0.29) is 43.3 Å². The van der Waals surface area contributed by atoms with Crippen molar-refractivity contribution in [2.24, 2.45) is 0 Å². The highest BCUT2D eigenvalue weighted by atomic mass is 19.4. The number of para-hydroxylation sites is 1. The minimum Gasteiger partial charge on any atom is -0.361 e. The monoisotopic (exact) mass is 636 g/mol. The molecule has 0 bridgehead atoms. The molecule has 3 aromatic rings. The minimum atomic E-state index is -4.98. The van der Waals surface area contributed by atoms with E-state index in [1.807, 2.05) is 29.2 Å². The molecule has 0 radical (unpaired) electrons. The number of hydrogen-bond donors (Lipinski definition) is 2. The number of aryl methyl sites for hydroxylation is 1. The highest BCUT2D eigenvalue weighted by Gasteiger charge is 2.37. The fraction of sp³-hybridized carbons (Fsp3) is 0.515. The molecule has 6 nitrogen and oxygen atoms in total. The van der Waals surface area contributed by atoms with Crippen molar-refractivity contribution in [2.45, 2.75) is 75.8 Å². The van der Waals surface area contributed by atoms with Crippen LogP contribution in [0.4, 0.5) is 26.3 Å². The molecule has 244 valence electrons. The van der Waals surface area contributed by atoms with Crippen molar-refractivity contribution >= 4 is 22.6 Å². The maximum absolute atomic E-state index is 13.5. The van der Waals surface area contributed by atoms with Crippen LogP contribution < -0.4 is 5.32 Å². The number of Topliss-reactive ketones (excluding diaryl/α,β-unsaturated/α-hetero) is 1. The number of alkyl halides is 6. The normalized spacial score (nSPS) is 18.3. The van der Waals surface area contributed by atoms with Crippen LogP contribution in [0.1, 0.15) is 60.8 Å². The summed E-state index contributed by atoms with van der Waals surface area (Å²) in [7, 11) is 0. The van der Waals surface area contributed by atoms with Gasteiger partial charge in [0.25, 0.3) is 0 Å². The zero-order valence-electron chi connectivity index (χ0n) is 24.9. The van der Waals surface area contributed by atoms with E-state index < -0.39 is 35.3 Å². The number of nitrogens with one attached hydrogen (secondary N) is 2. The summed E-state index contributed by atoms with van der Waals surface area (Å²) in [6.45, 7) is 3.28. The van der Waals surface area contributed by atoms with Crippen molar-refractivity contribution < 1.29 is 35.9 Å². The van der Waals surface area contributed by atoms with Crippen molar-refractivity contribution in [1.82, 2.24) is 20.1 Å². The van der Waals surface area contributed by atoms with Gasteiger partial charge in [-0.05, 0) is 54.7 Å². The van der Waals surface area contributed by atoms with Crippen molar-refractivity contribution in [3.8, 4) is 0 Å². The zero-order valence-corrected chi connectivity index (χ0v) is 24.9. The van der Waals surface area contributed by atoms with Gasteiger partial charge in [0.15, 0.2) is 5.78 Å². The van der Waals surface area contributed by atoms with Crippen LogP contribution >= 0.6 is 0 Å². The number of benzene rings is 2. The molecule has 1 aliphatic heterocycles. The number of hydrogen-bond acceptors (Lipinski definition) is 4. The van der Waals surface area contributed by atoms with E-state index in [0.717, 1.165) is 42.6 Å². The number of carbonyl (C=O) groups excluding carboxylic acids is 2. The molecule has 2 heterocycles. The summed E-state index contributed by atoms with van der Waals surface area (Å²) in [6.07, 6.45) is -2.59. The Morgan fingerprint density at radius 3 is 2.18 bits per heavy atom. The Hall–Kier alpha value is -3.38. The first-order valence-corrected chi connectivity index (χ1v) is 15.5. The Kier molecular flexibility index (Phi) is 10.2. The number of ketones is 1. The van der Waals surface area contributed by atoms with Crippen LogP contribution in [0.3, 0.4) is 0 Å². The summed E-state index contributed by atoms with van der Waals surface area (Å²) in [5.41, 5.74) is -1.49. The third kappa shape index (κ3) is 8.66. The van der Waals surface area contributed by atoms with E-state index in [0.29, 0.717) is 18.2 Å². The molecule has 1 atom stereocenters. The van der Waals surface area contributed by atoms with Crippen molar-refractivity contribution in [1.29, 1.82) is 0 Å². The van der Waals surface area contributed by atoms with E-state index in [4.69, 9.17) is 0 Å². The van der Waals surface area contributed by atoms with Gasteiger partial charge in [-0.15, -0.1) is 0 Å². The molecule has 0 spiro atoms. The Bertz CT molecular complexity index is 1440. The van der Waals surface area contributed by atoms with Gasteiger partial charge < -0.3 is 10.3 Å². The van der Waals surface area contributed by atoms with Gasteiger partial charge in [0, 0.05) is 62.2 Å². The average molecular weight is 637 g/mol. The maximum atomic E-state index is 13.5. The summed E-state index contributed by atoms with van der Waals surface area (Å²) in [5.74, 6) is -0.820. The molecule has 1 saturated heterocycles. The second-order valence-corrected chi connectivity index (χ2v) is 12.2. The molecular weight excluding hydrogens is 598 g/mol. The predicted octanol–water partition coefficient (Wildman–Crippen LogP) is 6.39. The van der Waals surface area contributed by atoms with Crippen LogP contribution in [0.2, 0.25) is 0 Å². The summed E-state index contributed by atoms with van der Waals surface area (Å²) >= 11 is 0. The third-order valence-corrected chi connectivity index (χ3v) is 9.00. The molecule has 1 aromatic heterocycles. The van der Waals surface area contributed by atoms with Crippen molar-refractivity contribution in [2.75, 3.05) is 32.7 Å². The van der Waals surface area contributed by atoms with Crippen molar-refractivity contribution in [3.05, 3.63) is 70.9 Å². The minimum absolute atomic E-state index is 0.0698. The number of fused-ring (bicyclic) bond motifs is 1. The Labute approximate surface area is 258 Å². The molecule has 1 aliphatic carbocycles. The van der Waals surface area contributed by atoms with Gasteiger partial charge in [-0.2, -0.15) is 26.3 Å². The lowest BCUT2D eigenvalue weighted by atomic mass is 9.94. The molecular formula is C33H38F6N4O2. The van der Waals surface area contributed by atoms with E-state index >= 15 is 0 Å². The van der Waals surface area contributed by atoms with Gasteiger partial charge in [0.1, 0.15) is 0 Å². The number of amides is 1. The Balaban J connectivity index is 1.26. The number of aromatic amines is 1. The fourth-order valence-corrected chi connectivity index (χ4v) is 6.55. The molecule has 1 amide bonds. The van der Waals surface area contributed by atoms with Gasteiger partial charge in [-0.1, -0.05) is 37.5 Å². The number of nitrogens with zero attached hydrogens (tertiary/aromatic N) is 2. The van der Waals surface area contributed by atoms with Crippen LogP contribution in [-0.2, 0) is 34.8 Å². The van der Waals surface area contributed by atoms with Crippen LogP contribution in [0.15, 0.2) is 48.7 Å². The van der Waals surface area contributed by atoms with Crippen LogP contribution in [0, 0.1) is 0 Å². The highest BCUT2D eigenvalue weighted by molar-refractivity contribution is 5.91. The number of halogens is 6. The van der Waals surface area contributed by atoms with Crippen LogP contribution in [-0.4, -0.2) is 71.3 Å². The third-order valence-electron chi connectivity index (χ3n) is 9.00. The first-order chi connectivity index (χ1) is 21.4. The predicted molar refractivity (Wildman–Crippen MR) is 159 cm³/mol. The van der Waals surface area contributed by atoms with Gasteiger partial charge >= 0.3 is 12.4 Å². The number of aromatic nitrogens is 1. The maximum Gasteiger partial charge on any atom is 0.416 e. The van der Waals surface area contributed by atoms with Gasteiger partial charge in [0.2, 0.25) is 5.91 Å². The molecule has 1 saturated carbocycles. The van der Waals surface area contributed by atoms with Crippen molar-refractivity contribution in [3.63, 3.8) is 0 Å². The quantitative estimate of drug-likeness (QED) is 0.254. The summed E-state index contributed by atoms with van der Waals surface area (Å²) in [4.78, 5) is 34.4. The van der Waals surface area contributed by atoms with E-state index in [9.17, 15) is 35.9 Å². The molecule has 5 rings (SSSR count). The van der Waals surface area contributed by atoms with Gasteiger partial charge in [0.05, 0.1) is 23.7 Å². The fourth-order valence-electron chi connectivity index (χ4n) is 6.55. The molecule has 12 heteroatoms. The largest absolute Gasteiger partial charge is 0.416 e. The Morgan fingerprint density at radius 1 is 0.889 bits per heavy atom. The second-order valence-electron chi connectivity index (χ2n) is 12.2. The number of rotatable bonds is 10. The molecule has 1 unspecified atom stereocenters. The van der Waals surface area contributed by atoms with E-state index in [1.54, 1.807) is 6.20 Å².